The second kappa shape index (κ2) is 8.68. The van der Waals surface area contributed by atoms with Crippen LogP contribution < -0.4 is 9.47 Å². The Labute approximate surface area is 140 Å². The lowest BCUT2D eigenvalue weighted by atomic mass is 10.3. The van der Waals surface area contributed by atoms with Crippen LogP contribution in [0.1, 0.15) is 6.92 Å². The van der Waals surface area contributed by atoms with Gasteiger partial charge in [-0.05, 0) is 6.92 Å². The first kappa shape index (κ1) is 21.5. The van der Waals surface area contributed by atoms with E-state index in [1.807, 2.05) is 0 Å². The van der Waals surface area contributed by atoms with Crippen molar-refractivity contribution in [2.24, 2.45) is 0 Å². The zero-order chi connectivity index (χ0) is 20.2. The van der Waals surface area contributed by atoms with E-state index in [2.05, 4.69) is 9.47 Å². The van der Waals surface area contributed by atoms with Crippen LogP contribution in [0.3, 0.4) is 0 Å². The largest absolute Gasteiger partial charge is 0.491 e. The van der Waals surface area contributed by atoms with Gasteiger partial charge in [0.1, 0.15) is 0 Å². The van der Waals surface area contributed by atoms with Crippen LogP contribution in [0, 0.1) is 52.4 Å². The van der Waals surface area contributed by atoms with E-state index in [4.69, 9.17) is 0 Å². The lowest BCUT2D eigenvalue weighted by Gasteiger charge is -2.06. The van der Waals surface area contributed by atoms with Crippen molar-refractivity contribution in [2.45, 2.75) is 6.92 Å². The number of hydrogen-bond donors (Lipinski definition) is 0. The van der Waals surface area contributed by atoms with Crippen molar-refractivity contribution < 1.29 is 49.0 Å². The Kier molecular flexibility index (Phi) is 7.16. The molecule has 2 rings (SSSR count). The third-order valence-electron chi connectivity index (χ3n) is 2.73. The average Bonchev–Trinajstić information content (AvgIpc) is 2.61. The summed E-state index contributed by atoms with van der Waals surface area (Å²) in [6.07, 6.45) is 0. The molecule has 0 atom stereocenters. The molecule has 0 heterocycles. The molecule has 0 aliphatic carbocycles. The van der Waals surface area contributed by atoms with Crippen molar-refractivity contribution >= 4 is 0 Å². The molecule has 26 heavy (non-hydrogen) atoms. The minimum absolute atomic E-state index is 0.0727. The molecule has 0 aromatic heterocycles. The van der Waals surface area contributed by atoms with E-state index < -0.39 is 63.9 Å². The van der Waals surface area contributed by atoms with Crippen molar-refractivity contribution in [2.75, 3.05) is 13.7 Å². The van der Waals surface area contributed by atoms with Crippen molar-refractivity contribution in [3.8, 4) is 11.5 Å². The Balaban J connectivity index is 0.000000260. The van der Waals surface area contributed by atoms with Crippen LogP contribution in [0.25, 0.3) is 0 Å². The molecule has 0 aliphatic rings. The van der Waals surface area contributed by atoms with Gasteiger partial charge in [-0.25, -0.2) is 22.0 Å². The number of benzene rings is 2. The quantitative estimate of drug-likeness (QED) is 0.414. The monoisotopic (exact) mass is 392 g/mol. The van der Waals surface area contributed by atoms with Gasteiger partial charge in [0.05, 0.1) is 13.7 Å². The number of rotatable bonds is 3. The van der Waals surface area contributed by atoms with Crippen molar-refractivity contribution in [3.05, 3.63) is 58.4 Å². The van der Waals surface area contributed by atoms with Gasteiger partial charge in [-0.1, -0.05) is 0 Å². The summed E-state index contributed by atoms with van der Waals surface area (Å²) in [4.78, 5) is 0. The van der Waals surface area contributed by atoms with Gasteiger partial charge in [0.2, 0.25) is 40.7 Å². The summed E-state index contributed by atoms with van der Waals surface area (Å²) in [7, 11) is 0.804. The summed E-state index contributed by atoms with van der Waals surface area (Å²) in [5, 5.41) is 0. The Bertz CT molecular complexity index is 753. The van der Waals surface area contributed by atoms with Gasteiger partial charge in [0.25, 0.3) is 0 Å². The second-order valence-corrected chi connectivity index (χ2v) is 4.33. The highest BCUT2D eigenvalue weighted by Gasteiger charge is 2.26. The molecule has 11 heteroatoms. The highest BCUT2D eigenvalue weighted by Crippen LogP contribution is 2.28. The summed E-state index contributed by atoms with van der Waals surface area (Å²) in [5.41, 5.74) is 0. The van der Waals surface area contributed by atoms with Gasteiger partial charge in [-0.3, -0.25) is 0 Å². The molecule has 2 aromatic carbocycles. The van der Waals surface area contributed by atoms with Crippen LogP contribution in [0.15, 0.2) is 6.07 Å². The molecule has 0 fully saturated rings. The molecule has 0 spiro atoms. The molecule has 0 unspecified atom stereocenters. The van der Waals surface area contributed by atoms with E-state index >= 15 is 0 Å². The van der Waals surface area contributed by atoms with Crippen LogP contribution >= 0.6 is 0 Å². The number of methoxy groups -OCH3 is 1. The number of halogens is 9. The van der Waals surface area contributed by atoms with Crippen LogP contribution in [0.4, 0.5) is 39.5 Å². The van der Waals surface area contributed by atoms with Crippen molar-refractivity contribution in [3.63, 3.8) is 0 Å². The van der Waals surface area contributed by atoms with E-state index in [1.54, 1.807) is 0 Å². The van der Waals surface area contributed by atoms with Crippen molar-refractivity contribution in [1.82, 2.24) is 0 Å². The second-order valence-electron chi connectivity index (χ2n) is 4.33. The molecular weight excluding hydrogens is 383 g/mol. The first-order chi connectivity index (χ1) is 12.1. The Morgan fingerprint density at radius 3 is 1.35 bits per heavy atom. The minimum Gasteiger partial charge on any atom is -0.491 e. The molecule has 0 radical (unpaired) electrons. The SMILES string of the molecule is CCOc1c(F)c(F)cc(F)c1F.COc1c(F)c(F)c(F)c(F)c1F. The molecule has 2 aromatic rings. The van der Waals surface area contributed by atoms with Crippen LogP contribution in [0.2, 0.25) is 0 Å². The van der Waals surface area contributed by atoms with E-state index in [0.717, 1.165) is 7.11 Å². The first-order valence-electron chi connectivity index (χ1n) is 6.59. The van der Waals surface area contributed by atoms with E-state index in [9.17, 15) is 39.5 Å². The van der Waals surface area contributed by atoms with Gasteiger partial charge >= 0.3 is 0 Å². The maximum atomic E-state index is 12.7. The molecule has 0 aliphatic heterocycles. The fourth-order valence-corrected chi connectivity index (χ4v) is 1.59. The normalized spacial score (nSPS) is 10.3. The van der Waals surface area contributed by atoms with Gasteiger partial charge in [-0.15, -0.1) is 0 Å². The smallest absolute Gasteiger partial charge is 0.206 e. The summed E-state index contributed by atoms with van der Waals surface area (Å²) in [5.74, 6) is -18.4. The lowest BCUT2D eigenvalue weighted by molar-refractivity contribution is 0.287. The summed E-state index contributed by atoms with van der Waals surface area (Å²) < 4.78 is 121. The van der Waals surface area contributed by atoms with Crippen molar-refractivity contribution in [1.29, 1.82) is 0 Å². The summed E-state index contributed by atoms with van der Waals surface area (Å²) >= 11 is 0. The molecule has 0 amide bonds. The fourth-order valence-electron chi connectivity index (χ4n) is 1.59. The fraction of sp³-hybridized carbons (Fsp3) is 0.200. The Hall–Kier alpha value is -2.59. The zero-order valence-corrected chi connectivity index (χ0v) is 13.0. The molecule has 0 N–H and O–H groups in total. The molecule has 144 valence electrons. The van der Waals surface area contributed by atoms with E-state index in [-0.39, 0.29) is 12.7 Å². The summed E-state index contributed by atoms with van der Waals surface area (Å²) in [6, 6.07) is 0.132. The molecule has 0 saturated heterocycles. The van der Waals surface area contributed by atoms with Gasteiger partial charge in [-0.2, -0.15) is 17.6 Å². The third kappa shape index (κ3) is 4.14. The highest BCUT2D eigenvalue weighted by atomic mass is 19.2. The summed E-state index contributed by atoms with van der Waals surface area (Å²) in [6.45, 7) is 1.37. The Morgan fingerprint density at radius 1 is 0.615 bits per heavy atom. The standard InChI is InChI=1S/C8H6F4O.C7H3F5O/c1-2-13-8-6(11)4(9)3-5(10)7(8)12;1-13-7-5(11)3(9)2(8)4(10)6(7)12/h3H,2H2,1H3;1H3. The lowest BCUT2D eigenvalue weighted by Crippen LogP contribution is -2.04. The molecule has 0 saturated carbocycles. The maximum Gasteiger partial charge on any atom is 0.206 e. The van der Waals surface area contributed by atoms with E-state index in [1.165, 1.54) is 6.92 Å². The topological polar surface area (TPSA) is 18.5 Å². The third-order valence-corrected chi connectivity index (χ3v) is 2.73. The number of hydrogen-bond acceptors (Lipinski definition) is 2. The molecule has 2 nitrogen and oxygen atoms in total. The van der Waals surface area contributed by atoms with Crippen LogP contribution in [0.5, 0.6) is 11.5 Å². The minimum atomic E-state index is -2.20. The average molecular weight is 392 g/mol. The zero-order valence-electron chi connectivity index (χ0n) is 13.0. The first-order valence-corrected chi connectivity index (χ1v) is 6.59. The van der Waals surface area contributed by atoms with E-state index in [0.29, 0.717) is 0 Å². The molecule has 0 bridgehead atoms. The van der Waals surface area contributed by atoms with Gasteiger partial charge < -0.3 is 9.47 Å². The predicted molar refractivity (Wildman–Crippen MR) is 70.2 cm³/mol. The number of ether oxygens (including phenoxy) is 2. The molecular formula is C15H9F9O2. The van der Waals surface area contributed by atoms with Crippen LogP contribution in [-0.4, -0.2) is 13.7 Å². The van der Waals surface area contributed by atoms with Gasteiger partial charge in [0.15, 0.2) is 23.1 Å². The predicted octanol–water partition coefficient (Wildman–Crippen LogP) is 5.03. The van der Waals surface area contributed by atoms with Crippen LogP contribution in [-0.2, 0) is 0 Å². The highest BCUT2D eigenvalue weighted by molar-refractivity contribution is 5.29. The Morgan fingerprint density at radius 2 is 1.00 bits per heavy atom. The maximum absolute atomic E-state index is 12.7. The van der Waals surface area contributed by atoms with Gasteiger partial charge in [0, 0.05) is 6.07 Å².